The molecular formula is C20H20N4O3. The molecule has 1 amide bonds. The number of hydrogen-bond acceptors (Lipinski definition) is 5. The van der Waals surface area contributed by atoms with Gasteiger partial charge < -0.3 is 19.9 Å². The number of methoxy groups -OCH3 is 1. The number of pyridine rings is 1. The Bertz CT molecular complexity index is 998. The van der Waals surface area contributed by atoms with Gasteiger partial charge in [0.05, 0.1) is 12.7 Å². The summed E-state index contributed by atoms with van der Waals surface area (Å²) in [4.78, 5) is 34.4. The van der Waals surface area contributed by atoms with Gasteiger partial charge in [0.2, 0.25) is 0 Å². The van der Waals surface area contributed by atoms with E-state index in [1.165, 1.54) is 12.7 Å². The number of nitrogens with one attached hydrogen (secondary N) is 2. The number of para-hydroxylation sites is 1. The maximum atomic E-state index is 12.8. The van der Waals surface area contributed by atoms with Gasteiger partial charge >= 0.3 is 5.97 Å². The highest BCUT2D eigenvalue weighted by atomic mass is 16.5. The van der Waals surface area contributed by atoms with Gasteiger partial charge in [-0.1, -0.05) is 18.2 Å². The van der Waals surface area contributed by atoms with Crippen LogP contribution in [0.25, 0.3) is 11.0 Å². The highest BCUT2D eigenvalue weighted by molar-refractivity contribution is 6.06. The van der Waals surface area contributed by atoms with Crippen LogP contribution < -0.4 is 10.2 Å². The standard InChI is InChI=1S/C20H20N4O3/c1-27-20(26)16(12-24-11-8-13-4-2-3-5-17(13)24)23-19(25)15-7-10-22-18-14(15)6-9-21-18/h2-7,9-10,16H,8,11-12H2,1H3,(H,21,22)(H,23,25). The van der Waals surface area contributed by atoms with Gasteiger partial charge in [-0.15, -0.1) is 0 Å². The van der Waals surface area contributed by atoms with Crippen molar-refractivity contribution in [2.45, 2.75) is 12.5 Å². The van der Waals surface area contributed by atoms with E-state index in [0.29, 0.717) is 23.1 Å². The number of benzene rings is 1. The molecule has 0 saturated heterocycles. The van der Waals surface area contributed by atoms with Gasteiger partial charge in [-0.25, -0.2) is 9.78 Å². The van der Waals surface area contributed by atoms with Crippen LogP contribution in [0.1, 0.15) is 15.9 Å². The van der Waals surface area contributed by atoms with Crippen molar-refractivity contribution in [3.63, 3.8) is 0 Å². The molecule has 27 heavy (non-hydrogen) atoms. The molecule has 1 atom stereocenters. The van der Waals surface area contributed by atoms with E-state index < -0.39 is 12.0 Å². The zero-order chi connectivity index (χ0) is 18.8. The summed E-state index contributed by atoms with van der Waals surface area (Å²) < 4.78 is 4.92. The van der Waals surface area contributed by atoms with Gasteiger partial charge in [-0.2, -0.15) is 0 Å². The van der Waals surface area contributed by atoms with E-state index in [4.69, 9.17) is 4.74 Å². The Morgan fingerprint density at radius 1 is 1.30 bits per heavy atom. The lowest BCUT2D eigenvalue weighted by atomic mass is 10.1. The molecule has 4 rings (SSSR count). The lowest BCUT2D eigenvalue weighted by Crippen LogP contribution is -2.49. The molecule has 3 aromatic rings. The fourth-order valence-corrected chi connectivity index (χ4v) is 3.53. The van der Waals surface area contributed by atoms with Crippen LogP contribution in [-0.2, 0) is 16.0 Å². The number of anilines is 1. The molecule has 2 N–H and O–H groups in total. The third-order valence-corrected chi connectivity index (χ3v) is 4.88. The first-order valence-electron chi connectivity index (χ1n) is 8.81. The van der Waals surface area contributed by atoms with Crippen molar-refractivity contribution in [2.75, 3.05) is 25.1 Å². The van der Waals surface area contributed by atoms with Gasteiger partial charge in [-0.05, 0) is 30.2 Å². The van der Waals surface area contributed by atoms with Gasteiger partial charge in [0.25, 0.3) is 5.91 Å². The summed E-state index contributed by atoms with van der Waals surface area (Å²) in [6.07, 6.45) is 4.22. The molecule has 7 heteroatoms. The first-order chi connectivity index (χ1) is 13.2. The van der Waals surface area contributed by atoms with E-state index in [0.717, 1.165) is 18.7 Å². The minimum absolute atomic E-state index is 0.329. The molecule has 1 aliphatic heterocycles. The first-order valence-corrected chi connectivity index (χ1v) is 8.81. The Morgan fingerprint density at radius 3 is 3.00 bits per heavy atom. The van der Waals surface area contributed by atoms with Crippen LogP contribution >= 0.6 is 0 Å². The second kappa shape index (κ2) is 7.11. The first kappa shape index (κ1) is 17.1. The van der Waals surface area contributed by atoms with E-state index in [1.54, 1.807) is 24.5 Å². The number of carbonyl (C=O) groups is 2. The third kappa shape index (κ3) is 3.23. The molecular weight excluding hydrogens is 344 g/mol. The molecule has 0 fully saturated rings. The van der Waals surface area contributed by atoms with Gasteiger partial charge in [0.1, 0.15) is 11.7 Å². The van der Waals surface area contributed by atoms with Gasteiger partial charge in [0.15, 0.2) is 0 Å². The number of amides is 1. The maximum Gasteiger partial charge on any atom is 0.330 e. The van der Waals surface area contributed by atoms with Crippen LogP contribution in [0.5, 0.6) is 0 Å². The second-order valence-corrected chi connectivity index (χ2v) is 6.47. The molecule has 0 saturated carbocycles. The predicted octanol–water partition coefficient (Wildman–Crippen LogP) is 1.90. The smallest absolute Gasteiger partial charge is 0.330 e. The van der Waals surface area contributed by atoms with Crippen LogP contribution in [0, 0.1) is 0 Å². The summed E-state index contributed by atoms with van der Waals surface area (Å²) in [6, 6.07) is 10.8. The lowest BCUT2D eigenvalue weighted by molar-refractivity contribution is -0.142. The number of aromatic nitrogens is 2. The minimum Gasteiger partial charge on any atom is -0.467 e. The van der Waals surface area contributed by atoms with Crippen molar-refractivity contribution in [2.24, 2.45) is 0 Å². The third-order valence-electron chi connectivity index (χ3n) is 4.88. The summed E-state index contributed by atoms with van der Waals surface area (Å²) in [6.45, 7) is 1.16. The summed E-state index contributed by atoms with van der Waals surface area (Å²) in [5.74, 6) is -0.794. The van der Waals surface area contributed by atoms with Crippen LogP contribution in [0.4, 0.5) is 5.69 Å². The number of nitrogens with zero attached hydrogens (tertiary/aromatic N) is 2. The normalized spacial score (nSPS) is 14.0. The Morgan fingerprint density at radius 2 is 2.15 bits per heavy atom. The van der Waals surface area contributed by atoms with Gasteiger partial charge in [-0.3, -0.25) is 4.79 Å². The van der Waals surface area contributed by atoms with E-state index >= 15 is 0 Å². The Hall–Kier alpha value is -3.35. The summed E-state index contributed by atoms with van der Waals surface area (Å²) in [5.41, 5.74) is 3.44. The van der Waals surface area contributed by atoms with Crippen LogP contribution in [0.2, 0.25) is 0 Å². The van der Waals surface area contributed by atoms with Crippen LogP contribution in [0.15, 0.2) is 48.8 Å². The molecule has 0 bridgehead atoms. The number of ether oxygens (including phenoxy) is 1. The molecule has 0 spiro atoms. The Balaban J connectivity index is 1.56. The van der Waals surface area contributed by atoms with E-state index in [1.807, 2.05) is 18.2 Å². The number of esters is 1. The molecule has 2 aromatic heterocycles. The Kier molecular flexibility index (Phi) is 4.50. The van der Waals surface area contributed by atoms with Crippen molar-refractivity contribution in [3.8, 4) is 0 Å². The summed E-state index contributed by atoms with van der Waals surface area (Å²) in [5, 5.41) is 3.54. The lowest BCUT2D eigenvalue weighted by Gasteiger charge is -2.25. The average Bonchev–Trinajstić information content (AvgIpc) is 3.33. The maximum absolute atomic E-state index is 12.8. The molecule has 1 unspecified atom stereocenters. The monoisotopic (exact) mass is 364 g/mol. The molecule has 7 nitrogen and oxygen atoms in total. The zero-order valence-electron chi connectivity index (χ0n) is 14.9. The van der Waals surface area contributed by atoms with Crippen molar-refractivity contribution in [1.29, 1.82) is 0 Å². The van der Waals surface area contributed by atoms with Crippen molar-refractivity contribution in [3.05, 3.63) is 59.9 Å². The molecule has 3 heterocycles. The average molecular weight is 364 g/mol. The van der Waals surface area contributed by atoms with Crippen molar-refractivity contribution < 1.29 is 14.3 Å². The van der Waals surface area contributed by atoms with Gasteiger partial charge in [0, 0.05) is 36.6 Å². The van der Waals surface area contributed by atoms with E-state index in [-0.39, 0.29) is 5.91 Å². The number of rotatable bonds is 5. The SMILES string of the molecule is COC(=O)C(CN1CCc2ccccc21)NC(=O)c1ccnc2[nH]ccc12. The van der Waals surface area contributed by atoms with Crippen molar-refractivity contribution >= 4 is 28.6 Å². The zero-order valence-corrected chi connectivity index (χ0v) is 14.9. The topological polar surface area (TPSA) is 87.3 Å². The summed E-state index contributed by atoms with van der Waals surface area (Å²) >= 11 is 0. The van der Waals surface area contributed by atoms with Crippen LogP contribution in [0.3, 0.4) is 0 Å². The fraction of sp³-hybridized carbons (Fsp3) is 0.250. The number of aromatic amines is 1. The second-order valence-electron chi connectivity index (χ2n) is 6.47. The summed E-state index contributed by atoms with van der Waals surface area (Å²) in [7, 11) is 1.33. The number of carbonyl (C=O) groups excluding carboxylic acids is 2. The number of hydrogen-bond donors (Lipinski definition) is 2. The molecule has 138 valence electrons. The van der Waals surface area contributed by atoms with E-state index in [9.17, 15) is 9.59 Å². The molecule has 1 aliphatic rings. The largest absolute Gasteiger partial charge is 0.467 e. The minimum atomic E-state index is -0.768. The van der Waals surface area contributed by atoms with Crippen molar-refractivity contribution in [1.82, 2.24) is 15.3 Å². The number of fused-ring (bicyclic) bond motifs is 2. The van der Waals surface area contributed by atoms with Crippen LogP contribution in [-0.4, -0.2) is 48.1 Å². The molecule has 0 aliphatic carbocycles. The molecule has 0 radical (unpaired) electrons. The predicted molar refractivity (Wildman–Crippen MR) is 102 cm³/mol. The Labute approximate surface area is 156 Å². The quantitative estimate of drug-likeness (QED) is 0.675. The number of H-pyrrole nitrogens is 1. The fourth-order valence-electron chi connectivity index (χ4n) is 3.53. The highest BCUT2D eigenvalue weighted by Crippen LogP contribution is 2.27. The molecule has 1 aromatic carbocycles. The van der Waals surface area contributed by atoms with E-state index in [2.05, 4.69) is 26.3 Å². The highest BCUT2D eigenvalue weighted by Gasteiger charge is 2.28.